The minimum atomic E-state index is -3.62. The van der Waals surface area contributed by atoms with Gasteiger partial charge in [0.25, 0.3) is 0 Å². The zero-order valence-corrected chi connectivity index (χ0v) is 11.8. The van der Waals surface area contributed by atoms with E-state index in [1.54, 1.807) is 0 Å². The maximum Gasteiger partial charge on any atom is 0.241 e. The van der Waals surface area contributed by atoms with E-state index in [1.807, 2.05) is 0 Å². The van der Waals surface area contributed by atoms with E-state index in [4.69, 9.17) is 34.8 Å². The fourth-order valence-electron chi connectivity index (χ4n) is 1.44. The third-order valence-electron chi connectivity index (χ3n) is 2.61. The Hall–Kier alpha value is -0.000000000000000139. The fraction of sp³-hybridized carbons (Fsp3) is 0.400. The number of sulfonamides is 1. The van der Waals surface area contributed by atoms with Crippen LogP contribution in [0.5, 0.6) is 0 Å². The van der Waals surface area contributed by atoms with Crippen LogP contribution in [0, 0.1) is 0 Å². The van der Waals surface area contributed by atoms with Crippen LogP contribution in [0.1, 0.15) is 12.8 Å². The third-order valence-corrected chi connectivity index (χ3v) is 5.11. The van der Waals surface area contributed by atoms with Gasteiger partial charge in [-0.3, -0.25) is 0 Å². The van der Waals surface area contributed by atoms with Gasteiger partial charge >= 0.3 is 0 Å². The largest absolute Gasteiger partial charge is 0.241 e. The van der Waals surface area contributed by atoms with Crippen LogP contribution in [0.15, 0.2) is 23.1 Å². The number of nitrogens with one attached hydrogen (secondary N) is 1. The summed E-state index contributed by atoms with van der Waals surface area (Å²) in [6.45, 7) is 0. The quantitative estimate of drug-likeness (QED) is 0.868. The first-order valence-electron chi connectivity index (χ1n) is 4.93. The van der Waals surface area contributed by atoms with E-state index >= 15 is 0 Å². The lowest BCUT2D eigenvalue weighted by Gasteiger charge is -2.14. The summed E-state index contributed by atoms with van der Waals surface area (Å²) in [5.41, 5.74) is -0.491. The molecule has 2 rings (SSSR count). The van der Waals surface area contributed by atoms with E-state index in [-0.39, 0.29) is 20.8 Å². The van der Waals surface area contributed by atoms with Crippen molar-refractivity contribution in [2.24, 2.45) is 0 Å². The molecular formula is C10H10Cl3NO2S. The Balaban J connectivity index is 2.31. The predicted molar refractivity (Wildman–Crippen MR) is 69.5 cm³/mol. The smallest absolute Gasteiger partial charge is 0.207 e. The molecule has 1 saturated carbocycles. The molecule has 1 fully saturated rings. The van der Waals surface area contributed by atoms with E-state index in [1.165, 1.54) is 18.2 Å². The molecule has 0 amide bonds. The lowest BCUT2D eigenvalue weighted by atomic mass is 10.4. The summed E-state index contributed by atoms with van der Waals surface area (Å²) in [5.74, 6) is 0.264. The molecule has 0 heterocycles. The van der Waals surface area contributed by atoms with Crippen LogP contribution in [0.4, 0.5) is 0 Å². The SMILES string of the molecule is O=S(=O)(NC1(CCl)CC1)c1cc(Cl)cc(Cl)c1. The second-order valence-electron chi connectivity index (χ2n) is 4.12. The maximum absolute atomic E-state index is 12.1. The monoisotopic (exact) mass is 313 g/mol. The zero-order valence-electron chi connectivity index (χ0n) is 8.71. The predicted octanol–water partition coefficient (Wildman–Crippen LogP) is 3.04. The molecular weight excluding hydrogens is 305 g/mol. The number of rotatable bonds is 4. The molecule has 0 aliphatic heterocycles. The summed E-state index contributed by atoms with van der Waals surface area (Å²) < 4.78 is 26.7. The number of alkyl halides is 1. The molecule has 0 bridgehead atoms. The first-order chi connectivity index (χ1) is 7.87. The lowest BCUT2D eigenvalue weighted by Crippen LogP contribution is -2.38. The first-order valence-corrected chi connectivity index (χ1v) is 7.70. The minimum Gasteiger partial charge on any atom is -0.207 e. The molecule has 17 heavy (non-hydrogen) atoms. The highest BCUT2D eigenvalue weighted by Crippen LogP contribution is 2.38. The van der Waals surface area contributed by atoms with Crippen LogP contribution in [0.3, 0.4) is 0 Å². The molecule has 94 valence electrons. The lowest BCUT2D eigenvalue weighted by molar-refractivity contribution is 0.559. The van der Waals surface area contributed by atoms with Crippen molar-refractivity contribution in [1.29, 1.82) is 0 Å². The molecule has 3 nitrogen and oxygen atoms in total. The van der Waals surface area contributed by atoms with Gasteiger partial charge < -0.3 is 0 Å². The van der Waals surface area contributed by atoms with E-state index in [2.05, 4.69) is 4.72 Å². The Kier molecular flexibility index (Phi) is 3.63. The van der Waals surface area contributed by atoms with Gasteiger partial charge in [-0.15, -0.1) is 11.6 Å². The molecule has 1 aromatic rings. The maximum atomic E-state index is 12.1. The van der Waals surface area contributed by atoms with Crippen molar-refractivity contribution in [1.82, 2.24) is 4.72 Å². The molecule has 7 heteroatoms. The average Bonchev–Trinajstić information content (AvgIpc) is 2.96. The van der Waals surface area contributed by atoms with E-state index in [0.29, 0.717) is 0 Å². The van der Waals surface area contributed by atoms with E-state index < -0.39 is 15.6 Å². The molecule has 0 spiro atoms. The number of hydrogen-bond donors (Lipinski definition) is 1. The standard InChI is InChI=1S/C10H10Cl3NO2S/c11-6-10(1-2-10)14-17(15,16)9-4-7(12)3-8(13)5-9/h3-5,14H,1-2,6H2. The summed E-state index contributed by atoms with van der Waals surface area (Å²) in [4.78, 5) is 0.0615. The molecule has 0 atom stereocenters. The van der Waals surface area contributed by atoms with Gasteiger partial charge in [0.05, 0.1) is 4.90 Å². The van der Waals surface area contributed by atoms with Gasteiger partial charge in [-0.1, -0.05) is 23.2 Å². The van der Waals surface area contributed by atoms with Crippen LogP contribution < -0.4 is 4.72 Å². The van der Waals surface area contributed by atoms with Crippen molar-refractivity contribution in [3.05, 3.63) is 28.2 Å². The Morgan fingerprint density at radius 1 is 1.18 bits per heavy atom. The number of halogens is 3. The molecule has 1 aliphatic rings. The fourth-order valence-corrected chi connectivity index (χ4v) is 4.04. The highest BCUT2D eigenvalue weighted by Gasteiger charge is 2.45. The van der Waals surface area contributed by atoms with Crippen LogP contribution in [-0.4, -0.2) is 19.8 Å². The molecule has 1 aliphatic carbocycles. The molecule has 0 unspecified atom stereocenters. The van der Waals surface area contributed by atoms with Crippen molar-refractivity contribution in [2.75, 3.05) is 5.88 Å². The van der Waals surface area contributed by atoms with Crippen LogP contribution in [0.25, 0.3) is 0 Å². The van der Waals surface area contributed by atoms with Crippen molar-refractivity contribution < 1.29 is 8.42 Å². The topological polar surface area (TPSA) is 46.2 Å². The summed E-state index contributed by atoms with van der Waals surface area (Å²) in [6.07, 6.45) is 1.51. The second-order valence-corrected chi connectivity index (χ2v) is 6.95. The first kappa shape index (κ1) is 13.4. The highest BCUT2D eigenvalue weighted by atomic mass is 35.5. The van der Waals surface area contributed by atoms with Crippen LogP contribution in [0.2, 0.25) is 10.0 Å². The van der Waals surface area contributed by atoms with Crippen molar-refractivity contribution in [3.63, 3.8) is 0 Å². The summed E-state index contributed by atoms with van der Waals surface area (Å²) >= 11 is 17.3. The molecule has 1 aromatic carbocycles. The number of hydrogen-bond acceptors (Lipinski definition) is 2. The highest BCUT2D eigenvalue weighted by molar-refractivity contribution is 7.89. The minimum absolute atomic E-state index is 0.0615. The van der Waals surface area contributed by atoms with Crippen molar-refractivity contribution in [2.45, 2.75) is 23.3 Å². The van der Waals surface area contributed by atoms with E-state index in [9.17, 15) is 8.42 Å². The van der Waals surface area contributed by atoms with Gasteiger partial charge in [-0.2, -0.15) is 0 Å². The normalized spacial score (nSPS) is 18.1. The molecule has 0 radical (unpaired) electrons. The van der Waals surface area contributed by atoms with E-state index in [0.717, 1.165) is 12.8 Å². The van der Waals surface area contributed by atoms with Gasteiger partial charge in [-0.25, -0.2) is 13.1 Å². The third kappa shape index (κ3) is 3.06. The van der Waals surface area contributed by atoms with Gasteiger partial charge in [0.15, 0.2) is 0 Å². The molecule has 0 aromatic heterocycles. The van der Waals surface area contributed by atoms with Crippen molar-refractivity contribution in [3.8, 4) is 0 Å². The van der Waals surface area contributed by atoms with Crippen LogP contribution in [-0.2, 0) is 10.0 Å². The van der Waals surface area contributed by atoms with Gasteiger partial charge in [0.2, 0.25) is 10.0 Å². The Labute approximate surface area is 115 Å². The summed E-state index contributed by atoms with van der Waals surface area (Å²) in [6, 6.07) is 4.21. The van der Waals surface area contributed by atoms with Gasteiger partial charge in [0.1, 0.15) is 0 Å². The average molecular weight is 315 g/mol. The van der Waals surface area contributed by atoms with Gasteiger partial charge in [0, 0.05) is 21.5 Å². The molecule has 0 saturated heterocycles. The molecule has 1 N–H and O–H groups in total. The summed E-state index contributed by atoms with van der Waals surface area (Å²) in [7, 11) is -3.62. The summed E-state index contributed by atoms with van der Waals surface area (Å²) in [5, 5.41) is 0.571. The van der Waals surface area contributed by atoms with Gasteiger partial charge in [-0.05, 0) is 31.0 Å². The Morgan fingerprint density at radius 2 is 1.71 bits per heavy atom. The van der Waals surface area contributed by atoms with Crippen LogP contribution >= 0.6 is 34.8 Å². The second kappa shape index (κ2) is 4.59. The Morgan fingerprint density at radius 3 is 2.12 bits per heavy atom. The zero-order chi connectivity index (χ0) is 12.7. The Bertz CT molecular complexity index is 520. The van der Waals surface area contributed by atoms with Crippen molar-refractivity contribution >= 4 is 44.8 Å². The number of benzene rings is 1.